The van der Waals surface area contributed by atoms with Gasteiger partial charge >= 0.3 is 0 Å². The highest BCUT2D eigenvalue weighted by molar-refractivity contribution is 6.02. The Balaban J connectivity index is 2.13. The molecule has 0 amide bonds. The summed E-state index contributed by atoms with van der Waals surface area (Å²) >= 11 is 0. The van der Waals surface area contributed by atoms with Gasteiger partial charge in [-0.25, -0.2) is 0 Å². The standard InChI is InChI=1S/C13H11NO2/c15-14(16)13-9-7-12(8-10-13)6-5-11-3-1-2-4-11/h1-10H,(H,15,16). The van der Waals surface area contributed by atoms with Gasteiger partial charge in [0.05, 0.1) is 0 Å². The van der Waals surface area contributed by atoms with Crippen LogP contribution in [0.5, 0.6) is 0 Å². The smallest absolute Gasteiger partial charge is 0.267 e. The van der Waals surface area contributed by atoms with Gasteiger partial charge < -0.3 is 5.21 Å². The van der Waals surface area contributed by atoms with Crippen molar-refractivity contribution in [3.05, 3.63) is 77.1 Å². The SMILES string of the molecule is [O-][N+](O)=C1C=CC(=CC=C2C=CC=C2)C=C1. The summed E-state index contributed by atoms with van der Waals surface area (Å²) in [7, 11) is 0. The first-order valence-corrected chi connectivity index (χ1v) is 4.92. The monoisotopic (exact) mass is 213 g/mol. The van der Waals surface area contributed by atoms with E-state index in [1.54, 1.807) is 24.3 Å². The molecule has 0 aromatic heterocycles. The average molecular weight is 213 g/mol. The van der Waals surface area contributed by atoms with Gasteiger partial charge in [0.1, 0.15) is 0 Å². The Morgan fingerprint density at radius 2 is 1.38 bits per heavy atom. The van der Waals surface area contributed by atoms with Crippen molar-refractivity contribution in [1.29, 1.82) is 0 Å². The van der Waals surface area contributed by atoms with Crippen molar-refractivity contribution >= 4 is 5.71 Å². The van der Waals surface area contributed by atoms with Crippen LogP contribution in [0, 0.1) is 5.21 Å². The number of allylic oxidation sites excluding steroid dienone is 12. The molecule has 3 nitrogen and oxygen atoms in total. The summed E-state index contributed by atoms with van der Waals surface area (Å²) < 4.78 is 0. The van der Waals surface area contributed by atoms with Crippen molar-refractivity contribution in [1.82, 2.24) is 0 Å². The molecule has 0 radical (unpaired) electrons. The highest BCUT2D eigenvalue weighted by atomic mass is 16.8. The van der Waals surface area contributed by atoms with Crippen molar-refractivity contribution in [2.45, 2.75) is 0 Å². The lowest BCUT2D eigenvalue weighted by Crippen LogP contribution is -2.08. The third-order valence-electron chi connectivity index (χ3n) is 2.27. The lowest BCUT2D eigenvalue weighted by Gasteiger charge is -1.99. The Morgan fingerprint density at radius 1 is 0.875 bits per heavy atom. The van der Waals surface area contributed by atoms with E-state index in [-0.39, 0.29) is 10.6 Å². The van der Waals surface area contributed by atoms with Crippen molar-refractivity contribution in [2.75, 3.05) is 0 Å². The van der Waals surface area contributed by atoms with Gasteiger partial charge in [0, 0.05) is 17.1 Å². The topological polar surface area (TPSA) is 46.3 Å². The lowest BCUT2D eigenvalue weighted by atomic mass is 10.1. The van der Waals surface area contributed by atoms with Crippen LogP contribution >= 0.6 is 0 Å². The van der Waals surface area contributed by atoms with Gasteiger partial charge in [-0.2, -0.15) is 0 Å². The molecule has 0 aliphatic heterocycles. The maximum Gasteiger partial charge on any atom is 0.267 e. The maximum absolute atomic E-state index is 10.6. The predicted molar refractivity (Wildman–Crippen MR) is 63.1 cm³/mol. The summed E-state index contributed by atoms with van der Waals surface area (Å²) in [5.74, 6) is 0. The normalized spacial score (nSPS) is 17.1. The summed E-state index contributed by atoms with van der Waals surface area (Å²) in [6.45, 7) is 0. The first-order valence-electron chi connectivity index (χ1n) is 4.92. The van der Waals surface area contributed by atoms with E-state index in [1.807, 2.05) is 36.5 Å². The van der Waals surface area contributed by atoms with Gasteiger partial charge in [-0.05, 0) is 23.3 Å². The van der Waals surface area contributed by atoms with Crippen molar-refractivity contribution in [3.63, 3.8) is 0 Å². The molecule has 2 rings (SSSR count). The van der Waals surface area contributed by atoms with E-state index < -0.39 is 0 Å². The van der Waals surface area contributed by atoms with E-state index in [0.29, 0.717) is 0 Å². The summed E-state index contributed by atoms with van der Waals surface area (Å²) in [5, 5.41) is 19.2. The quantitative estimate of drug-likeness (QED) is 0.413. The van der Waals surface area contributed by atoms with E-state index in [1.165, 1.54) is 0 Å². The molecule has 16 heavy (non-hydrogen) atoms. The Bertz CT molecular complexity index is 464. The molecule has 0 saturated heterocycles. The third kappa shape index (κ3) is 2.39. The molecule has 0 fully saturated rings. The zero-order chi connectivity index (χ0) is 11.4. The van der Waals surface area contributed by atoms with E-state index in [4.69, 9.17) is 5.21 Å². The van der Waals surface area contributed by atoms with Crippen molar-refractivity contribution < 1.29 is 10.1 Å². The van der Waals surface area contributed by atoms with Gasteiger partial charge in [0.25, 0.3) is 5.71 Å². The fourth-order valence-corrected chi connectivity index (χ4v) is 1.41. The molecule has 0 saturated carbocycles. The zero-order valence-electron chi connectivity index (χ0n) is 8.58. The van der Waals surface area contributed by atoms with Gasteiger partial charge in [-0.1, -0.05) is 36.5 Å². The molecule has 1 N–H and O–H groups in total. The Kier molecular flexibility index (Phi) is 2.87. The number of rotatable bonds is 1. The van der Waals surface area contributed by atoms with E-state index >= 15 is 0 Å². The summed E-state index contributed by atoms with van der Waals surface area (Å²) in [6.07, 6.45) is 18.6. The lowest BCUT2D eigenvalue weighted by molar-refractivity contribution is -0.725. The van der Waals surface area contributed by atoms with Gasteiger partial charge in [-0.15, -0.1) is 0 Å². The zero-order valence-corrected chi connectivity index (χ0v) is 8.58. The minimum absolute atomic E-state index is 0.148. The third-order valence-corrected chi connectivity index (χ3v) is 2.27. The number of nitrogens with zero attached hydrogens (tertiary/aromatic N) is 1. The predicted octanol–water partition coefficient (Wildman–Crippen LogP) is 2.43. The van der Waals surface area contributed by atoms with Crippen LogP contribution in [0.4, 0.5) is 0 Å². The molecule has 0 atom stereocenters. The molecular weight excluding hydrogens is 202 g/mol. The van der Waals surface area contributed by atoms with Gasteiger partial charge in [0.15, 0.2) is 0 Å². The Hall–Kier alpha value is -2.29. The highest BCUT2D eigenvalue weighted by Crippen LogP contribution is 2.11. The summed E-state index contributed by atoms with van der Waals surface area (Å²) in [4.78, 5) is -0.148. The first kappa shape index (κ1) is 10.2. The van der Waals surface area contributed by atoms with Crippen LogP contribution in [0.1, 0.15) is 0 Å². The van der Waals surface area contributed by atoms with Crippen LogP contribution in [-0.2, 0) is 0 Å². The van der Waals surface area contributed by atoms with Crippen molar-refractivity contribution in [2.24, 2.45) is 0 Å². The van der Waals surface area contributed by atoms with Crippen molar-refractivity contribution in [3.8, 4) is 0 Å². The molecule has 80 valence electrons. The first-order chi connectivity index (χ1) is 7.75. The average Bonchev–Trinajstić information content (AvgIpc) is 2.80. The van der Waals surface area contributed by atoms with Crippen LogP contribution in [0.2, 0.25) is 0 Å². The second-order valence-corrected chi connectivity index (χ2v) is 3.42. The molecule has 0 heterocycles. The molecule has 2 aliphatic carbocycles. The van der Waals surface area contributed by atoms with Crippen LogP contribution in [-0.4, -0.2) is 15.8 Å². The number of hydrogen-bond acceptors (Lipinski definition) is 2. The minimum Gasteiger partial charge on any atom is -0.417 e. The fourth-order valence-electron chi connectivity index (χ4n) is 1.41. The Labute approximate surface area is 93.6 Å². The maximum atomic E-state index is 10.6. The molecule has 0 unspecified atom stereocenters. The van der Waals surface area contributed by atoms with Crippen LogP contribution in [0.3, 0.4) is 0 Å². The molecule has 0 aromatic rings. The van der Waals surface area contributed by atoms with Crippen LogP contribution in [0.25, 0.3) is 0 Å². The molecule has 0 spiro atoms. The van der Waals surface area contributed by atoms with Gasteiger partial charge in [-0.3, -0.25) is 5.21 Å². The number of hydrogen-bond donors (Lipinski definition) is 1. The largest absolute Gasteiger partial charge is 0.417 e. The minimum atomic E-state index is -0.148. The van der Waals surface area contributed by atoms with E-state index in [0.717, 1.165) is 11.1 Å². The fraction of sp³-hybridized carbons (Fsp3) is 0. The molecule has 0 aromatic carbocycles. The van der Waals surface area contributed by atoms with E-state index in [2.05, 4.69) is 0 Å². The van der Waals surface area contributed by atoms with Crippen LogP contribution < -0.4 is 0 Å². The molecule has 3 heteroatoms. The molecule has 2 aliphatic rings. The summed E-state index contributed by atoms with van der Waals surface area (Å²) in [5.41, 5.74) is 2.34. The summed E-state index contributed by atoms with van der Waals surface area (Å²) in [6, 6.07) is 0. The van der Waals surface area contributed by atoms with Gasteiger partial charge in [0.2, 0.25) is 0 Å². The highest BCUT2D eigenvalue weighted by Gasteiger charge is 2.05. The molecular formula is C13H11NO2. The van der Waals surface area contributed by atoms with Crippen LogP contribution in [0.15, 0.2) is 71.9 Å². The van der Waals surface area contributed by atoms with E-state index in [9.17, 15) is 5.21 Å². The second kappa shape index (κ2) is 4.49. The molecule has 0 bridgehead atoms. The second-order valence-electron chi connectivity index (χ2n) is 3.42. The Morgan fingerprint density at radius 3 is 1.88 bits per heavy atom.